The molecule has 0 bridgehead atoms. The van der Waals surface area contributed by atoms with E-state index in [-0.39, 0.29) is 18.3 Å². The second-order valence-corrected chi connectivity index (χ2v) is 5.97. The fourth-order valence-corrected chi connectivity index (χ4v) is 2.82. The van der Waals surface area contributed by atoms with E-state index in [1.807, 2.05) is 24.3 Å². The largest absolute Gasteiger partial charge is 0.428 e. The van der Waals surface area contributed by atoms with Crippen LogP contribution < -0.4 is 10.4 Å². The van der Waals surface area contributed by atoms with E-state index in [0.717, 1.165) is 5.56 Å². The number of hydrogen-bond acceptors (Lipinski definition) is 4. The number of rotatable bonds is 2. The van der Waals surface area contributed by atoms with Crippen LogP contribution in [0.3, 0.4) is 0 Å². The quantitative estimate of drug-likeness (QED) is 0.796. The van der Waals surface area contributed by atoms with Crippen molar-refractivity contribution in [3.63, 3.8) is 0 Å². The average molecular weight is 298 g/mol. The fourth-order valence-electron chi connectivity index (χ4n) is 2.82. The molecule has 1 aromatic heterocycles. The highest BCUT2D eigenvalue weighted by molar-refractivity contribution is 5.77. The maximum atomic E-state index is 12.2. The number of ether oxygens (including phenoxy) is 1. The van der Waals surface area contributed by atoms with E-state index in [1.165, 1.54) is 5.56 Å². The molecule has 4 nitrogen and oxygen atoms in total. The third-order valence-corrected chi connectivity index (χ3v) is 4.02. The smallest absolute Gasteiger partial charge is 0.343 e. The van der Waals surface area contributed by atoms with E-state index in [2.05, 4.69) is 13.8 Å². The molecular weight excluding hydrogens is 280 g/mol. The van der Waals surface area contributed by atoms with Gasteiger partial charge in [-0.1, -0.05) is 38.1 Å². The molecule has 114 valence electrons. The Morgan fingerprint density at radius 3 is 2.45 bits per heavy atom. The molecule has 1 aromatic carbocycles. The third kappa shape index (κ3) is 2.56. The molecule has 0 fully saturated rings. The number of fused-ring (bicyclic) bond motifs is 1. The fraction of sp³-hybridized carbons (Fsp3) is 0.333. The molecule has 2 heterocycles. The van der Waals surface area contributed by atoms with Crippen LogP contribution in [0.2, 0.25) is 0 Å². The number of benzene rings is 1. The Kier molecular flexibility index (Phi) is 3.61. The topological polar surface area (TPSA) is 56.5 Å². The molecule has 0 amide bonds. The van der Waals surface area contributed by atoms with E-state index in [9.17, 15) is 9.59 Å². The molecular formula is C18H18O4. The Morgan fingerprint density at radius 1 is 1.14 bits per heavy atom. The van der Waals surface area contributed by atoms with Gasteiger partial charge in [0.25, 0.3) is 0 Å². The van der Waals surface area contributed by atoms with Gasteiger partial charge in [0.05, 0.1) is 12.0 Å². The van der Waals surface area contributed by atoms with Crippen LogP contribution in [-0.4, -0.2) is 5.97 Å². The SMILES string of the molecule is Cc1cc2c(c(=O)o1)C(c1ccc(C(C)C)cc1)CC(=O)O2. The summed E-state index contributed by atoms with van der Waals surface area (Å²) < 4.78 is 10.4. The van der Waals surface area contributed by atoms with Crippen LogP contribution in [-0.2, 0) is 4.79 Å². The summed E-state index contributed by atoms with van der Waals surface area (Å²) >= 11 is 0. The summed E-state index contributed by atoms with van der Waals surface area (Å²) in [4.78, 5) is 24.0. The van der Waals surface area contributed by atoms with Gasteiger partial charge in [-0.2, -0.15) is 0 Å². The highest BCUT2D eigenvalue weighted by Gasteiger charge is 2.32. The Hall–Kier alpha value is -2.36. The van der Waals surface area contributed by atoms with Crippen molar-refractivity contribution in [3.8, 4) is 5.75 Å². The lowest BCUT2D eigenvalue weighted by molar-refractivity contribution is -0.135. The van der Waals surface area contributed by atoms with Crippen molar-refractivity contribution in [2.45, 2.75) is 39.0 Å². The minimum Gasteiger partial charge on any atom is -0.428 e. The van der Waals surface area contributed by atoms with Gasteiger partial charge in [-0.05, 0) is 24.0 Å². The standard InChI is InChI=1S/C18H18O4/c1-10(2)12-4-6-13(7-5-12)14-9-16(19)22-15-8-11(3)21-18(20)17(14)15/h4-8,10,14H,9H2,1-3H3. The summed E-state index contributed by atoms with van der Waals surface area (Å²) in [6.45, 7) is 5.91. The normalized spacial score (nSPS) is 17.3. The molecule has 1 aliphatic rings. The first kappa shape index (κ1) is 14.6. The van der Waals surface area contributed by atoms with Crippen molar-refractivity contribution < 1.29 is 13.9 Å². The number of carbonyl (C=O) groups is 1. The molecule has 0 spiro atoms. The van der Waals surface area contributed by atoms with Crippen LogP contribution in [0, 0.1) is 6.92 Å². The van der Waals surface area contributed by atoms with Crippen LogP contribution in [0.5, 0.6) is 5.75 Å². The highest BCUT2D eigenvalue weighted by atomic mass is 16.5. The molecule has 3 rings (SSSR count). The molecule has 1 unspecified atom stereocenters. The van der Waals surface area contributed by atoms with Gasteiger partial charge in [-0.3, -0.25) is 4.79 Å². The first-order valence-corrected chi connectivity index (χ1v) is 7.41. The highest BCUT2D eigenvalue weighted by Crippen LogP contribution is 2.37. The van der Waals surface area contributed by atoms with Crippen LogP contribution in [0.1, 0.15) is 54.6 Å². The Balaban J connectivity index is 2.09. The Morgan fingerprint density at radius 2 is 1.82 bits per heavy atom. The zero-order valence-corrected chi connectivity index (χ0v) is 12.9. The van der Waals surface area contributed by atoms with E-state index in [1.54, 1.807) is 13.0 Å². The molecule has 2 aromatic rings. The molecule has 0 radical (unpaired) electrons. The lowest BCUT2D eigenvalue weighted by Crippen LogP contribution is -2.26. The van der Waals surface area contributed by atoms with Gasteiger partial charge >= 0.3 is 11.6 Å². The molecule has 4 heteroatoms. The van der Waals surface area contributed by atoms with Gasteiger partial charge < -0.3 is 9.15 Å². The molecule has 1 aliphatic heterocycles. The van der Waals surface area contributed by atoms with E-state index < -0.39 is 5.63 Å². The van der Waals surface area contributed by atoms with Crippen molar-refractivity contribution in [1.82, 2.24) is 0 Å². The third-order valence-electron chi connectivity index (χ3n) is 4.02. The maximum Gasteiger partial charge on any atom is 0.343 e. The number of hydrogen-bond donors (Lipinski definition) is 0. The summed E-state index contributed by atoms with van der Waals surface area (Å²) in [5, 5.41) is 0. The number of aryl methyl sites for hydroxylation is 1. The molecule has 0 N–H and O–H groups in total. The minimum atomic E-state index is -0.430. The van der Waals surface area contributed by atoms with Gasteiger partial charge in [-0.25, -0.2) is 4.79 Å². The molecule has 0 saturated carbocycles. The summed E-state index contributed by atoms with van der Waals surface area (Å²) in [5.41, 5.74) is 2.15. The monoisotopic (exact) mass is 298 g/mol. The molecule has 0 saturated heterocycles. The molecule has 22 heavy (non-hydrogen) atoms. The Bertz CT molecular complexity index is 769. The van der Waals surface area contributed by atoms with Gasteiger partial charge in [0, 0.05) is 12.0 Å². The minimum absolute atomic E-state index is 0.155. The number of esters is 1. The average Bonchev–Trinajstić information content (AvgIpc) is 2.45. The summed E-state index contributed by atoms with van der Waals surface area (Å²) in [6.07, 6.45) is 0.155. The van der Waals surface area contributed by atoms with Crippen LogP contribution in [0.15, 0.2) is 39.5 Å². The molecule has 1 atom stereocenters. The first-order valence-electron chi connectivity index (χ1n) is 7.41. The maximum absolute atomic E-state index is 12.2. The van der Waals surface area contributed by atoms with E-state index >= 15 is 0 Å². The summed E-state index contributed by atoms with van der Waals surface area (Å²) in [6, 6.07) is 9.62. The van der Waals surface area contributed by atoms with Crippen molar-refractivity contribution in [1.29, 1.82) is 0 Å². The van der Waals surface area contributed by atoms with Crippen molar-refractivity contribution in [2.75, 3.05) is 0 Å². The van der Waals surface area contributed by atoms with Crippen LogP contribution >= 0.6 is 0 Å². The lowest BCUT2D eigenvalue weighted by Gasteiger charge is -2.23. The second kappa shape index (κ2) is 5.44. The first-order chi connectivity index (χ1) is 10.5. The second-order valence-electron chi connectivity index (χ2n) is 5.97. The summed E-state index contributed by atoms with van der Waals surface area (Å²) in [5.74, 6) is 0.561. The van der Waals surface area contributed by atoms with Gasteiger partial charge in [0.1, 0.15) is 11.5 Å². The zero-order valence-electron chi connectivity index (χ0n) is 12.9. The predicted molar refractivity (Wildman–Crippen MR) is 82.3 cm³/mol. The zero-order chi connectivity index (χ0) is 15.9. The van der Waals surface area contributed by atoms with Crippen LogP contribution in [0.4, 0.5) is 0 Å². The van der Waals surface area contributed by atoms with Crippen molar-refractivity contribution in [2.24, 2.45) is 0 Å². The van der Waals surface area contributed by atoms with Gasteiger partial charge in [-0.15, -0.1) is 0 Å². The molecule has 0 aliphatic carbocycles. The van der Waals surface area contributed by atoms with Crippen molar-refractivity contribution in [3.05, 3.63) is 63.2 Å². The van der Waals surface area contributed by atoms with Gasteiger partial charge in [0.2, 0.25) is 0 Å². The number of carbonyl (C=O) groups excluding carboxylic acids is 1. The Labute approximate surface area is 128 Å². The summed E-state index contributed by atoms with van der Waals surface area (Å²) in [7, 11) is 0. The predicted octanol–water partition coefficient (Wildman–Crippen LogP) is 3.51. The van der Waals surface area contributed by atoms with Crippen LogP contribution in [0.25, 0.3) is 0 Å². The van der Waals surface area contributed by atoms with E-state index in [0.29, 0.717) is 23.0 Å². The lowest BCUT2D eigenvalue weighted by atomic mass is 9.86. The van der Waals surface area contributed by atoms with Gasteiger partial charge in [0.15, 0.2) is 0 Å². The van der Waals surface area contributed by atoms with Crippen molar-refractivity contribution >= 4 is 5.97 Å². The van der Waals surface area contributed by atoms with E-state index in [4.69, 9.17) is 9.15 Å².